The SMILES string of the molecule is CN=CN/C(=C1/c2ccccc2-c2ccccc2C1C)c1ccccc1. The second-order valence-corrected chi connectivity index (χ2v) is 6.54. The van der Waals surface area contributed by atoms with Gasteiger partial charge in [-0.2, -0.15) is 0 Å². The summed E-state index contributed by atoms with van der Waals surface area (Å²) < 4.78 is 0. The molecule has 0 aromatic heterocycles. The molecule has 0 bridgehead atoms. The topological polar surface area (TPSA) is 24.4 Å². The third-order valence-corrected chi connectivity index (χ3v) is 5.04. The van der Waals surface area contributed by atoms with Crippen LogP contribution in [0.15, 0.2) is 83.9 Å². The highest BCUT2D eigenvalue weighted by Crippen LogP contribution is 2.48. The van der Waals surface area contributed by atoms with Gasteiger partial charge in [-0.3, -0.25) is 4.99 Å². The molecule has 1 atom stereocenters. The Kier molecular flexibility index (Phi) is 4.40. The summed E-state index contributed by atoms with van der Waals surface area (Å²) in [6, 6.07) is 27.9. The maximum atomic E-state index is 4.15. The number of hydrogen-bond acceptors (Lipinski definition) is 1. The fourth-order valence-corrected chi connectivity index (χ4v) is 3.86. The van der Waals surface area contributed by atoms with Crippen molar-refractivity contribution < 1.29 is 0 Å². The number of aliphatic imine (C=N–C) groups is 1. The lowest BCUT2D eigenvalue weighted by molar-refractivity contribution is 0.975. The minimum Gasteiger partial charge on any atom is -0.346 e. The van der Waals surface area contributed by atoms with E-state index in [0.29, 0.717) is 0 Å². The Hall–Kier alpha value is -3.13. The lowest BCUT2D eigenvalue weighted by Crippen LogP contribution is -2.17. The fourth-order valence-electron chi connectivity index (χ4n) is 3.86. The first-order valence-corrected chi connectivity index (χ1v) is 8.96. The molecule has 0 amide bonds. The van der Waals surface area contributed by atoms with Crippen LogP contribution in [0.3, 0.4) is 0 Å². The van der Waals surface area contributed by atoms with Crippen molar-refractivity contribution in [2.45, 2.75) is 12.8 Å². The molecule has 26 heavy (non-hydrogen) atoms. The molecule has 2 heteroatoms. The summed E-state index contributed by atoms with van der Waals surface area (Å²) in [5, 5.41) is 3.45. The minimum absolute atomic E-state index is 0.286. The van der Waals surface area contributed by atoms with Crippen LogP contribution in [-0.2, 0) is 0 Å². The Morgan fingerprint density at radius 3 is 2.15 bits per heavy atom. The smallest absolute Gasteiger partial charge is 0.0864 e. The molecule has 0 heterocycles. The molecule has 0 spiro atoms. The van der Waals surface area contributed by atoms with Gasteiger partial charge in [0.2, 0.25) is 0 Å². The molecule has 128 valence electrons. The molecule has 0 radical (unpaired) electrons. The number of benzene rings is 3. The molecular formula is C24H22N2. The van der Waals surface area contributed by atoms with Crippen molar-refractivity contribution in [2.24, 2.45) is 4.99 Å². The van der Waals surface area contributed by atoms with E-state index in [9.17, 15) is 0 Å². The largest absolute Gasteiger partial charge is 0.346 e. The van der Waals surface area contributed by atoms with Gasteiger partial charge in [-0.25, -0.2) is 0 Å². The molecule has 1 unspecified atom stereocenters. The molecule has 4 rings (SSSR count). The second-order valence-electron chi connectivity index (χ2n) is 6.54. The average molecular weight is 338 g/mol. The Morgan fingerprint density at radius 1 is 0.808 bits per heavy atom. The van der Waals surface area contributed by atoms with Gasteiger partial charge in [-0.15, -0.1) is 0 Å². The predicted molar refractivity (Wildman–Crippen MR) is 111 cm³/mol. The van der Waals surface area contributed by atoms with Gasteiger partial charge in [0, 0.05) is 13.0 Å². The number of nitrogens with zero attached hydrogens (tertiary/aromatic N) is 1. The molecule has 3 aromatic carbocycles. The van der Waals surface area contributed by atoms with Gasteiger partial charge < -0.3 is 5.32 Å². The molecular weight excluding hydrogens is 316 g/mol. The molecule has 0 fully saturated rings. The van der Waals surface area contributed by atoms with E-state index in [-0.39, 0.29) is 5.92 Å². The lowest BCUT2D eigenvalue weighted by atomic mass is 9.74. The van der Waals surface area contributed by atoms with E-state index in [4.69, 9.17) is 0 Å². The summed E-state index contributed by atoms with van der Waals surface area (Å²) in [4.78, 5) is 4.15. The average Bonchev–Trinajstić information content (AvgIpc) is 2.71. The highest BCUT2D eigenvalue weighted by atomic mass is 14.9. The standard InChI is InChI=1S/C24H22N2/c1-17-19-12-6-7-13-20(19)21-14-8-9-15-22(21)23(17)24(26-16-25-2)18-10-4-3-5-11-18/h3-17H,1-2H3,(H,25,26)/b24-23+. The second kappa shape index (κ2) is 7.01. The van der Waals surface area contributed by atoms with Gasteiger partial charge in [-0.1, -0.05) is 85.8 Å². The molecule has 0 aliphatic heterocycles. The van der Waals surface area contributed by atoms with Crippen molar-refractivity contribution in [3.8, 4) is 11.1 Å². The van der Waals surface area contributed by atoms with E-state index in [0.717, 1.165) is 5.70 Å². The first-order valence-electron chi connectivity index (χ1n) is 8.96. The monoisotopic (exact) mass is 338 g/mol. The fraction of sp³-hybridized carbons (Fsp3) is 0.125. The van der Waals surface area contributed by atoms with Crippen LogP contribution in [-0.4, -0.2) is 13.4 Å². The van der Waals surface area contributed by atoms with Crippen LogP contribution < -0.4 is 5.32 Å². The first kappa shape index (κ1) is 16.3. The van der Waals surface area contributed by atoms with Crippen LogP contribution in [0.5, 0.6) is 0 Å². The Labute approximate surface area is 154 Å². The van der Waals surface area contributed by atoms with E-state index in [1.165, 1.54) is 33.4 Å². The first-order chi connectivity index (χ1) is 12.8. The number of allylic oxidation sites excluding steroid dienone is 1. The van der Waals surface area contributed by atoms with Gasteiger partial charge in [0.15, 0.2) is 0 Å². The van der Waals surface area contributed by atoms with Crippen LogP contribution in [0.1, 0.15) is 29.5 Å². The van der Waals surface area contributed by atoms with E-state index in [2.05, 4.69) is 90.0 Å². The van der Waals surface area contributed by atoms with Gasteiger partial charge in [-0.05, 0) is 33.4 Å². The summed E-state index contributed by atoms with van der Waals surface area (Å²) in [5.41, 5.74) is 8.87. The Bertz CT molecular complexity index is 984. The van der Waals surface area contributed by atoms with Gasteiger partial charge in [0.05, 0.1) is 12.0 Å². The molecule has 1 aliphatic rings. The van der Waals surface area contributed by atoms with Gasteiger partial charge in [0.1, 0.15) is 0 Å². The summed E-state index contributed by atoms with van der Waals surface area (Å²) >= 11 is 0. The number of rotatable bonds is 3. The molecule has 1 N–H and O–H groups in total. The minimum atomic E-state index is 0.286. The van der Waals surface area contributed by atoms with Crippen molar-refractivity contribution in [1.29, 1.82) is 0 Å². The van der Waals surface area contributed by atoms with Crippen molar-refractivity contribution in [3.63, 3.8) is 0 Å². The third-order valence-electron chi connectivity index (χ3n) is 5.04. The Morgan fingerprint density at radius 2 is 1.42 bits per heavy atom. The molecule has 0 saturated carbocycles. The van der Waals surface area contributed by atoms with E-state index >= 15 is 0 Å². The maximum Gasteiger partial charge on any atom is 0.0864 e. The summed E-state index contributed by atoms with van der Waals surface area (Å²) in [6.07, 6.45) is 1.77. The molecule has 3 aromatic rings. The zero-order valence-corrected chi connectivity index (χ0v) is 15.1. The van der Waals surface area contributed by atoms with Crippen molar-refractivity contribution in [3.05, 3.63) is 95.6 Å². The summed E-state index contributed by atoms with van der Waals surface area (Å²) in [5.74, 6) is 0.286. The third kappa shape index (κ3) is 2.74. The molecule has 1 aliphatic carbocycles. The number of fused-ring (bicyclic) bond motifs is 3. The van der Waals surface area contributed by atoms with Crippen LogP contribution in [0.2, 0.25) is 0 Å². The van der Waals surface area contributed by atoms with Crippen molar-refractivity contribution in [2.75, 3.05) is 7.05 Å². The quantitative estimate of drug-likeness (QED) is 0.489. The highest BCUT2D eigenvalue weighted by Gasteiger charge is 2.28. The normalized spacial score (nSPS) is 17.5. The molecule has 2 nitrogen and oxygen atoms in total. The van der Waals surface area contributed by atoms with Crippen molar-refractivity contribution >= 4 is 17.6 Å². The summed E-state index contributed by atoms with van der Waals surface area (Å²) in [6.45, 7) is 2.29. The highest BCUT2D eigenvalue weighted by molar-refractivity contribution is 6.02. The zero-order chi connectivity index (χ0) is 17.9. The molecule has 0 saturated heterocycles. The van der Waals surface area contributed by atoms with E-state index < -0.39 is 0 Å². The van der Waals surface area contributed by atoms with E-state index in [1.807, 2.05) is 6.07 Å². The predicted octanol–water partition coefficient (Wildman–Crippen LogP) is 5.59. The van der Waals surface area contributed by atoms with Crippen LogP contribution in [0.25, 0.3) is 22.4 Å². The maximum absolute atomic E-state index is 4.15. The van der Waals surface area contributed by atoms with Crippen molar-refractivity contribution in [1.82, 2.24) is 5.32 Å². The number of nitrogens with one attached hydrogen (secondary N) is 1. The van der Waals surface area contributed by atoms with Crippen LogP contribution >= 0.6 is 0 Å². The van der Waals surface area contributed by atoms with Crippen LogP contribution in [0, 0.1) is 0 Å². The lowest BCUT2D eigenvalue weighted by Gasteiger charge is -2.30. The summed E-state index contributed by atoms with van der Waals surface area (Å²) in [7, 11) is 1.79. The number of hydrogen-bond donors (Lipinski definition) is 1. The van der Waals surface area contributed by atoms with Crippen LogP contribution in [0.4, 0.5) is 0 Å². The zero-order valence-electron chi connectivity index (χ0n) is 15.1. The Balaban J connectivity index is 2.03. The van der Waals surface area contributed by atoms with Gasteiger partial charge in [0.25, 0.3) is 0 Å². The van der Waals surface area contributed by atoms with E-state index in [1.54, 1.807) is 13.4 Å². The van der Waals surface area contributed by atoms with Gasteiger partial charge >= 0.3 is 0 Å².